The highest BCUT2D eigenvalue weighted by Crippen LogP contribution is 2.12. The highest BCUT2D eigenvalue weighted by Gasteiger charge is 2.16. The van der Waals surface area contributed by atoms with Crippen LogP contribution in [0.5, 0.6) is 0 Å². The molecule has 0 saturated carbocycles. The summed E-state index contributed by atoms with van der Waals surface area (Å²) in [6.07, 6.45) is 2.29. The fraction of sp³-hybridized carbons (Fsp3) is 0.391. The summed E-state index contributed by atoms with van der Waals surface area (Å²) in [5.41, 5.74) is 3.42. The summed E-state index contributed by atoms with van der Waals surface area (Å²) in [6.45, 7) is 7.58. The summed E-state index contributed by atoms with van der Waals surface area (Å²) in [5, 5.41) is 3.06. The fourth-order valence-corrected chi connectivity index (χ4v) is 3.86. The van der Waals surface area contributed by atoms with E-state index in [1.807, 2.05) is 35.2 Å². The van der Waals surface area contributed by atoms with Crippen molar-refractivity contribution in [2.75, 3.05) is 39.3 Å². The third-order valence-corrected chi connectivity index (χ3v) is 5.57. The Morgan fingerprint density at radius 1 is 0.897 bits per heavy atom. The Kier molecular flexibility index (Phi) is 6.54. The van der Waals surface area contributed by atoms with Gasteiger partial charge >= 0.3 is 0 Å². The second kappa shape index (κ2) is 9.67. The zero-order chi connectivity index (χ0) is 19.9. The average molecular weight is 392 g/mol. The van der Waals surface area contributed by atoms with Crippen LogP contribution >= 0.6 is 0 Å². The van der Waals surface area contributed by atoms with Gasteiger partial charge in [-0.1, -0.05) is 42.5 Å². The predicted octanol–water partition coefficient (Wildman–Crippen LogP) is 2.36. The van der Waals surface area contributed by atoms with Gasteiger partial charge in [0.1, 0.15) is 0 Å². The number of benzene rings is 2. The molecule has 1 saturated heterocycles. The Labute approximate surface area is 172 Å². The molecule has 1 aromatic heterocycles. The number of aromatic nitrogens is 2. The van der Waals surface area contributed by atoms with Gasteiger partial charge in [-0.3, -0.25) is 14.6 Å². The molecule has 0 unspecified atom stereocenters. The molecule has 1 aliphatic rings. The fourth-order valence-electron chi connectivity index (χ4n) is 3.86. The van der Waals surface area contributed by atoms with Crippen molar-refractivity contribution in [3.8, 4) is 0 Å². The van der Waals surface area contributed by atoms with E-state index in [0.29, 0.717) is 19.5 Å². The molecule has 1 fully saturated rings. The molecule has 0 atom stereocenters. The molecular weight excluding hydrogens is 362 g/mol. The molecule has 2 heterocycles. The first-order valence-electron chi connectivity index (χ1n) is 10.4. The average Bonchev–Trinajstić information content (AvgIpc) is 3.17. The Balaban J connectivity index is 1.12. The highest BCUT2D eigenvalue weighted by molar-refractivity contribution is 5.77. The number of piperazine rings is 1. The van der Waals surface area contributed by atoms with Gasteiger partial charge in [0.15, 0.2) is 0 Å². The van der Waals surface area contributed by atoms with Gasteiger partial charge in [0.2, 0.25) is 5.91 Å². The molecule has 29 heavy (non-hydrogen) atoms. The van der Waals surface area contributed by atoms with Gasteiger partial charge in [-0.05, 0) is 17.7 Å². The van der Waals surface area contributed by atoms with Crippen molar-refractivity contribution in [1.29, 1.82) is 0 Å². The van der Waals surface area contributed by atoms with Crippen LogP contribution in [0.4, 0.5) is 0 Å². The highest BCUT2D eigenvalue weighted by atomic mass is 16.1. The van der Waals surface area contributed by atoms with Crippen molar-refractivity contribution in [1.82, 2.24) is 24.7 Å². The Morgan fingerprint density at radius 2 is 1.62 bits per heavy atom. The first kappa shape index (κ1) is 19.6. The van der Waals surface area contributed by atoms with Crippen LogP contribution in [0.25, 0.3) is 11.0 Å². The van der Waals surface area contributed by atoms with Crippen LogP contribution in [0, 0.1) is 0 Å². The molecule has 4 rings (SSSR count). The topological polar surface area (TPSA) is 53.4 Å². The minimum atomic E-state index is 0.102. The minimum Gasteiger partial charge on any atom is -0.355 e. The van der Waals surface area contributed by atoms with E-state index in [1.165, 1.54) is 5.56 Å². The summed E-state index contributed by atoms with van der Waals surface area (Å²) in [6, 6.07) is 18.7. The molecule has 1 amide bonds. The van der Waals surface area contributed by atoms with Gasteiger partial charge < -0.3 is 9.88 Å². The van der Waals surface area contributed by atoms with E-state index in [-0.39, 0.29) is 5.91 Å². The van der Waals surface area contributed by atoms with E-state index >= 15 is 0 Å². The Morgan fingerprint density at radius 3 is 2.45 bits per heavy atom. The lowest BCUT2D eigenvalue weighted by Gasteiger charge is -2.34. The van der Waals surface area contributed by atoms with Gasteiger partial charge in [0.25, 0.3) is 0 Å². The van der Waals surface area contributed by atoms with Crippen molar-refractivity contribution in [3.05, 3.63) is 66.5 Å². The van der Waals surface area contributed by atoms with Crippen LogP contribution < -0.4 is 5.32 Å². The maximum atomic E-state index is 12.2. The van der Waals surface area contributed by atoms with E-state index in [0.717, 1.165) is 50.3 Å². The minimum absolute atomic E-state index is 0.102. The molecule has 3 aromatic rings. The first-order chi connectivity index (χ1) is 14.3. The molecular formula is C23H29N5O. The second-order valence-corrected chi connectivity index (χ2v) is 7.63. The third kappa shape index (κ3) is 5.43. The molecule has 1 aliphatic heterocycles. The zero-order valence-corrected chi connectivity index (χ0v) is 16.8. The van der Waals surface area contributed by atoms with Gasteiger partial charge in [-0.15, -0.1) is 0 Å². The Hall–Kier alpha value is -2.70. The number of hydrogen-bond donors (Lipinski definition) is 1. The molecule has 6 nitrogen and oxygen atoms in total. The molecule has 0 spiro atoms. The van der Waals surface area contributed by atoms with Gasteiger partial charge in [-0.25, -0.2) is 4.98 Å². The number of rotatable bonds is 8. The number of fused-ring (bicyclic) bond motifs is 1. The third-order valence-electron chi connectivity index (χ3n) is 5.57. The van der Waals surface area contributed by atoms with E-state index in [2.05, 4.69) is 50.4 Å². The van der Waals surface area contributed by atoms with Crippen LogP contribution in [0.3, 0.4) is 0 Å². The van der Waals surface area contributed by atoms with Gasteiger partial charge in [0, 0.05) is 58.8 Å². The van der Waals surface area contributed by atoms with Crippen LogP contribution in [-0.2, 0) is 17.9 Å². The first-order valence-corrected chi connectivity index (χ1v) is 10.4. The molecule has 0 bridgehead atoms. The number of imidazole rings is 1. The summed E-state index contributed by atoms with van der Waals surface area (Å²) < 4.78 is 2.04. The summed E-state index contributed by atoms with van der Waals surface area (Å²) >= 11 is 0. The summed E-state index contributed by atoms with van der Waals surface area (Å²) in [5.74, 6) is 0.102. The number of para-hydroxylation sites is 2. The van der Waals surface area contributed by atoms with Crippen LogP contribution in [0.1, 0.15) is 12.0 Å². The number of aryl methyl sites for hydroxylation is 1. The number of hydrogen-bond acceptors (Lipinski definition) is 4. The zero-order valence-electron chi connectivity index (χ0n) is 16.8. The molecule has 1 N–H and O–H groups in total. The number of carbonyl (C=O) groups excluding carboxylic acids is 1. The smallest absolute Gasteiger partial charge is 0.221 e. The number of amides is 1. The van der Waals surface area contributed by atoms with Crippen molar-refractivity contribution in [2.24, 2.45) is 0 Å². The molecule has 0 aliphatic carbocycles. The van der Waals surface area contributed by atoms with E-state index in [9.17, 15) is 4.79 Å². The number of carbonyl (C=O) groups is 1. The van der Waals surface area contributed by atoms with E-state index < -0.39 is 0 Å². The van der Waals surface area contributed by atoms with Crippen molar-refractivity contribution in [2.45, 2.75) is 19.5 Å². The normalized spacial score (nSPS) is 15.6. The summed E-state index contributed by atoms with van der Waals surface area (Å²) in [7, 11) is 0. The number of nitrogens with one attached hydrogen (secondary N) is 1. The lowest BCUT2D eigenvalue weighted by atomic mass is 10.2. The molecule has 6 heteroatoms. The SMILES string of the molecule is O=C(CCn1cnc2ccccc21)NCCN1CCN(Cc2ccccc2)CC1. The van der Waals surface area contributed by atoms with Crippen LogP contribution in [0.2, 0.25) is 0 Å². The monoisotopic (exact) mass is 391 g/mol. The van der Waals surface area contributed by atoms with E-state index in [1.54, 1.807) is 0 Å². The molecule has 0 radical (unpaired) electrons. The number of nitrogens with zero attached hydrogens (tertiary/aromatic N) is 4. The molecule has 152 valence electrons. The van der Waals surface area contributed by atoms with Gasteiger partial charge in [-0.2, -0.15) is 0 Å². The van der Waals surface area contributed by atoms with Crippen molar-refractivity contribution < 1.29 is 4.79 Å². The van der Waals surface area contributed by atoms with Crippen LogP contribution in [-0.4, -0.2) is 64.5 Å². The molecule has 2 aromatic carbocycles. The summed E-state index contributed by atoms with van der Waals surface area (Å²) in [4.78, 5) is 21.5. The van der Waals surface area contributed by atoms with Crippen molar-refractivity contribution in [3.63, 3.8) is 0 Å². The Bertz CT molecular complexity index is 915. The maximum absolute atomic E-state index is 12.2. The van der Waals surface area contributed by atoms with Crippen LogP contribution in [0.15, 0.2) is 60.9 Å². The van der Waals surface area contributed by atoms with E-state index in [4.69, 9.17) is 0 Å². The second-order valence-electron chi connectivity index (χ2n) is 7.63. The van der Waals surface area contributed by atoms with Crippen molar-refractivity contribution >= 4 is 16.9 Å². The van der Waals surface area contributed by atoms with Gasteiger partial charge in [0.05, 0.1) is 17.4 Å². The quantitative estimate of drug-likeness (QED) is 0.641. The lowest BCUT2D eigenvalue weighted by Crippen LogP contribution is -2.48. The largest absolute Gasteiger partial charge is 0.355 e. The predicted molar refractivity (Wildman–Crippen MR) is 116 cm³/mol. The standard InChI is InChI=1S/C23H29N5O/c29-23(10-12-28-19-25-21-8-4-5-9-22(21)28)24-11-13-26-14-16-27(17-15-26)18-20-6-2-1-3-7-20/h1-9,19H,10-18H2,(H,24,29). The lowest BCUT2D eigenvalue weighted by molar-refractivity contribution is -0.121. The maximum Gasteiger partial charge on any atom is 0.221 e.